The van der Waals surface area contributed by atoms with Crippen LogP contribution in [0.25, 0.3) is 0 Å². The van der Waals surface area contributed by atoms with Gasteiger partial charge in [-0.15, -0.1) is 12.4 Å². The van der Waals surface area contributed by atoms with Crippen molar-refractivity contribution in [1.82, 2.24) is 5.32 Å². The molecule has 0 fully saturated rings. The second-order valence-corrected chi connectivity index (χ2v) is 6.63. The van der Waals surface area contributed by atoms with Crippen LogP contribution in [0.1, 0.15) is 25.0 Å². The molecule has 0 amide bonds. The number of benzene rings is 1. The maximum atomic E-state index is 11.9. The van der Waals surface area contributed by atoms with E-state index in [2.05, 4.69) is 5.32 Å². The maximum Gasteiger partial charge on any atom is 0.180 e. The van der Waals surface area contributed by atoms with E-state index in [1.54, 1.807) is 26.0 Å². The topological polar surface area (TPSA) is 46.2 Å². The Kier molecular flexibility index (Phi) is 3.99. The van der Waals surface area contributed by atoms with Crippen molar-refractivity contribution in [2.24, 2.45) is 0 Å². The number of hydrogen-bond donors (Lipinski definition) is 1. The fourth-order valence-electron chi connectivity index (χ4n) is 1.72. The van der Waals surface area contributed by atoms with Gasteiger partial charge in [0.15, 0.2) is 9.84 Å². The van der Waals surface area contributed by atoms with E-state index < -0.39 is 9.84 Å². The summed E-state index contributed by atoms with van der Waals surface area (Å²) in [6, 6.07) is 5.41. The van der Waals surface area contributed by atoms with Gasteiger partial charge < -0.3 is 5.32 Å². The van der Waals surface area contributed by atoms with Crippen LogP contribution < -0.4 is 5.32 Å². The summed E-state index contributed by atoms with van der Waals surface area (Å²) >= 11 is 0. The third-order valence-corrected chi connectivity index (χ3v) is 4.91. The van der Waals surface area contributed by atoms with Gasteiger partial charge in [0.1, 0.15) is 0 Å². The highest BCUT2D eigenvalue weighted by Crippen LogP contribution is 2.22. The molecule has 1 N–H and O–H groups in total. The van der Waals surface area contributed by atoms with Crippen molar-refractivity contribution >= 4 is 22.2 Å². The van der Waals surface area contributed by atoms with Crippen LogP contribution in [0.3, 0.4) is 0 Å². The second kappa shape index (κ2) is 4.73. The van der Waals surface area contributed by atoms with Crippen LogP contribution in [0.15, 0.2) is 23.1 Å². The van der Waals surface area contributed by atoms with E-state index >= 15 is 0 Å². The minimum absolute atomic E-state index is 0. The fraction of sp³-hybridized carbons (Fsp3) is 0.455. The zero-order chi connectivity index (χ0) is 11.1. The van der Waals surface area contributed by atoms with Gasteiger partial charge in [-0.3, -0.25) is 0 Å². The lowest BCUT2D eigenvalue weighted by Crippen LogP contribution is -2.14. The SMILES string of the molecule is CC(C)S(=O)(=O)c1ccc2c(c1)CNC2.Cl. The minimum atomic E-state index is -3.13. The molecule has 1 aliphatic heterocycles. The minimum Gasteiger partial charge on any atom is -0.309 e. The fourth-order valence-corrected chi connectivity index (χ4v) is 2.83. The molecule has 0 saturated heterocycles. The lowest BCUT2D eigenvalue weighted by molar-refractivity contribution is 0.587. The van der Waals surface area contributed by atoms with Gasteiger partial charge in [-0.1, -0.05) is 6.07 Å². The Labute approximate surface area is 103 Å². The molecule has 0 unspecified atom stereocenters. The van der Waals surface area contributed by atoms with Gasteiger partial charge in [-0.25, -0.2) is 8.42 Å². The molecule has 0 saturated carbocycles. The smallest absolute Gasteiger partial charge is 0.180 e. The van der Waals surface area contributed by atoms with Gasteiger partial charge >= 0.3 is 0 Å². The molecule has 0 atom stereocenters. The summed E-state index contributed by atoms with van der Waals surface area (Å²) < 4.78 is 23.8. The average Bonchev–Trinajstić information content (AvgIpc) is 2.63. The quantitative estimate of drug-likeness (QED) is 0.885. The average molecular weight is 262 g/mol. The number of rotatable bonds is 2. The summed E-state index contributed by atoms with van der Waals surface area (Å²) in [5, 5.41) is 2.84. The molecule has 90 valence electrons. The van der Waals surface area contributed by atoms with E-state index in [9.17, 15) is 8.42 Å². The highest BCUT2D eigenvalue weighted by Gasteiger charge is 2.21. The van der Waals surface area contributed by atoms with Crippen LogP contribution in [0.4, 0.5) is 0 Å². The molecular formula is C11H16ClNO2S. The summed E-state index contributed by atoms with van der Waals surface area (Å²) in [7, 11) is -3.13. The molecule has 1 aromatic carbocycles. The molecule has 0 spiro atoms. The van der Waals surface area contributed by atoms with Crippen molar-refractivity contribution in [2.75, 3.05) is 0 Å². The third-order valence-electron chi connectivity index (χ3n) is 2.76. The zero-order valence-corrected chi connectivity index (χ0v) is 11.0. The Hall–Kier alpha value is -0.580. The van der Waals surface area contributed by atoms with Crippen molar-refractivity contribution < 1.29 is 8.42 Å². The molecule has 16 heavy (non-hydrogen) atoms. The first-order chi connectivity index (χ1) is 7.01. The number of halogens is 1. The van der Waals surface area contributed by atoms with Crippen LogP contribution >= 0.6 is 12.4 Å². The number of hydrogen-bond acceptors (Lipinski definition) is 3. The molecule has 0 bridgehead atoms. The molecule has 0 radical (unpaired) electrons. The monoisotopic (exact) mass is 261 g/mol. The van der Waals surface area contributed by atoms with Crippen LogP contribution in [-0.2, 0) is 22.9 Å². The van der Waals surface area contributed by atoms with E-state index in [-0.39, 0.29) is 17.7 Å². The molecular weight excluding hydrogens is 246 g/mol. The van der Waals surface area contributed by atoms with Gasteiger partial charge in [0.25, 0.3) is 0 Å². The summed E-state index contributed by atoms with van der Waals surface area (Å²) in [4.78, 5) is 0.444. The molecule has 1 heterocycles. The zero-order valence-electron chi connectivity index (χ0n) is 9.36. The van der Waals surface area contributed by atoms with Crippen molar-refractivity contribution in [2.45, 2.75) is 37.1 Å². The molecule has 5 heteroatoms. The molecule has 1 aromatic rings. The number of sulfone groups is 1. The predicted molar refractivity (Wildman–Crippen MR) is 66.6 cm³/mol. The van der Waals surface area contributed by atoms with Gasteiger partial charge in [-0.05, 0) is 37.1 Å². The van der Waals surface area contributed by atoms with Crippen molar-refractivity contribution in [3.8, 4) is 0 Å². The van der Waals surface area contributed by atoms with E-state index in [1.165, 1.54) is 5.56 Å². The first-order valence-electron chi connectivity index (χ1n) is 5.08. The maximum absolute atomic E-state index is 11.9. The normalized spacial score (nSPS) is 14.7. The van der Waals surface area contributed by atoms with E-state index in [1.807, 2.05) is 6.07 Å². The highest BCUT2D eigenvalue weighted by molar-refractivity contribution is 7.92. The summed E-state index contributed by atoms with van der Waals surface area (Å²) in [6.45, 7) is 5.04. The van der Waals surface area contributed by atoms with Gasteiger partial charge in [0.2, 0.25) is 0 Å². The lowest BCUT2D eigenvalue weighted by Gasteiger charge is -2.08. The Morgan fingerprint density at radius 3 is 2.44 bits per heavy atom. The molecule has 2 rings (SSSR count). The van der Waals surface area contributed by atoms with Crippen LogP contribution in [0.5, 0.6) is 0 Å². The number of fused-ring (bicyclic) bond motifs is 1. The molecule has 3 nitrogen and oxygen atoms in total. The predicted octanol–water partition coefficient (Wildman–Crippen LogP) is 1.89. The first kappa shape index (κ1) is 13.5. The summed E-state index contributed by atoms with van der Waals surface area (Å²) in [5.74, 6) is 0. The highest BCUT2D eigenvalue weighted by atomic mass is 35.5. The molecule has 0 aliphatic carbocycles. The number of nitrogens with one attached hydrogen (secondary N) is 1. The van der Waals surface area contributed by atoms with E-state index in [0.717, 1.165) is 18.7 Å². The molecule has 1 aliphatic rings. The Balaban J connectivity index is 0.00000128. The van der Waals surface area contributed by atoms with E-state index in [4.69, 9.17) is 0 Å². The Morgan fingerprint density at radius 1 is 1.19 bits per heavy atom. The third kappa shape index (κ3) is 2.24. The first-order valence-corrected chi connectivity index (χ1v) is 6.63. The van der Waals surface area contributed by atoms with E-state index in [0.29, 0.717) is 4.90 Å². The van der Waals surface area contributed by atoms with Gasteiger partial charge in [0.05, 0.1) is 10.1 Å². The largest absolute Gasteiger partial charge is 0.309 e. The Bertz CT molecular complexity index is 483. The summed E-state index contributed by atoms with van der Waals surface area (Å²) in [5.41, 5.74) is 2.31. The standard InChI is InChI=1S/C11H15NO2S.ClH/c1-8(2)15(13,14)11-4-3-9-6-12-7-10(9)5-11;/h3-5,8,12H,6-7H2,1-2H3;1H. The van der Waals surface area contributed by atoms with Gasteiger partial charge in [0, 0.05) is 13.1 Å². The van der Waals surface area contributed by atoms with Crippen molar-refractivity contribution in [1.29, 1.82) is 0 Å². The summed E-state index contributed by atoms with van der Waals surface area (Å²) in [6.07, 6.45) is 0. The van der Waals surface area contributed by atoms with Gasteiger partial charge in [-0.2, -0.15) is 0 Å². The Morgan fingerprint density at radius 2 is 1.81 bits per heavy atom. The van der Waals surface area contributed by atoms with Crippen molar-refractivity contribution in [3.05, 3.63) is 29.3 Å². The van der Waals surface area contributed by atoms with Crippen LogP contribution in [-0.4, -0.2) is 13.7 Å². The lowest BCUT2D eigenvalue weighted by atomic mass is 10.1. The molecule has 0 aromatic heterocycles. The second-order valence-electron chi connectivity index (χ2n) is 4.13. The van der Waals surface area contributed by atoms with Crippen molar-refractivity contribution in [3.63, 3.8) is 0 Å². The van der Waals surface area contributed by atoms with Crippen LogP contribution in [0, 0.1) is 0 Å². The van der Waals surface area contributed by atoms with Crippen LogP contribution in [0.2, 0.25) is 0 Å².